The molecule has 3 nitrogen and oxygen atoms in total. The van der Waals surface area contributed by atoms with Crippen molar-refractivity contribution >= 4 is 28.2 Å². The minimum Gasteiger partial charge on any atom is -0.369 e. The summed E-state index contributed by atoms with van der Waals surface area (Å²) in [6, 6.07) is 6.37. The van der Waals surface area contributed by atoms with Crippen molar-refractivity contribution in [2.45, 2.75) is 18.4 Å². The normalized spacial score (nSPS) is 17.1. The summed E-state index contributed by atoms with van der Waals surface area (Å²) >= 11 is 1.84. The van der Waals surface area contributed by atoms with Crippen molar-refractivity contribution in [2.75, 3.05) is 35.2 Å². The Kier molecular flexibility index (Phi) is 5.09. The van der Waals surface area contributed by atoms with E-state index in [0.29, 0.717) is 6.54 Å². The maximum absolute atomic E-state index is 11.4. The summed E-state index contributed by atoms with van der Waals surface area (Å²) in [7, 11) is -0.630. The minimum atomic E-state index is -0.630. The van der Waals surface area contributed by atoms with Gasteiger partial charge >= 0.3 is 0 Å². The molecule has 0 radical (unpaired) electrons. The first-order valence-electron chi connectivity index (χ1n) is 6.31. The van der Waals surface area contributed by atoms with Gasteiger partial charge in [0.15, 0.2) is 0 Å². The van der Waals surface area contributed by atoms with Gasteiger partial charge in [0.05, 0.1) is 0 Å². The predicted octanol–water partition coefficient (Wildman–Crippen LogP) is 1.83. The maximum atomic E-state index is 11.4. The third-order valence-corrected chi connectivity index (χ3v) is 5.39. The summed E-state index contributed by atoms with van der Waals surface area (Å²) in [6.07, 6.45) is 0. The highest BCUT2D eigenvalue weighted by molar-refractivity contribution is 7.99. The van der Waals surface area contributed by atoms with Crippen LogP contribution in [0, 0.1) is 0 Å². The highest BCUT2D eigenvalue weighted by Crippen LogP contribution is 2.31. The first kappa shape index (κ1) is 13.9. The third-order valence-electron chi connectivity index (χ3n) is 3.13. The van der Waals surface area contributed by atoms with Crippen LogP contribution in [0.1, 0.15) is 12.5 Å². The quantitative estimate of drug-likeness (QED) is 0.857. The first-order chi connectivity index (χ1) is 8.76. The van der Waals surface area contributed by atoms with Gasteiger partial charge in [0.2, 0.25) is 0 Å². The maximum Gasteiger partial charge on any atom is 0.0423 e. The number of hydrogen-bond donors (Lipinski definition) is 1. The van der Waals surface area contributed by atoms with Gasteiger partial charge in [-0.15, -0.1) is 11.8 Å². The Balaban J connectivity index is 2.26. The van der Waals surface area contributed by atoms with E-state index >= 15 is 0 Å². The molecule has 1 aliphatic heterocycles. The van der Waals surface area contributed by atoms with Gasteiger partial charge in [0.25, 0.3) is 0 Å². The van der Waals surface area contributed by atoms with E-state index in [1.54, 1.807) is 0 Å². The largest absolute Gasteiger partial charge is 0.369 e. The van der Waals surface area contributed by atoms with Gasteiger partial charge in [0, 0.05) is 58.1 Å². The number of anilines is 1. The lowest BCUT2D eigenvalue weighted by Gasteiger charge is -2.30. The zero-order valence-corrected chi connectivity index (χ0v) is 12.4. The molecule has 0 saturated carbocycles. The van der Waals surface area contributed by atoms with Gasteiger partial charge < -0.3 is 10.6 Å². The standard InChI is InChI=1S/C13H20N2OS2/c1-2-17-13-5-3-4-12(11(13)10-14)15-6-8-18(16)9-7-15/h3-5H,2,6-10,14H2,1H3. The van der Waals surface area contributed by atoms with E-state index in [4.69, 9.17) is 5.73 Å². The zero-order chi connectivity index (χ0) is 13.0. The number of benzene rings is 1. The van der Waals surface area contributed by atoms with E-state index in [-0.39, 0.29) is 0 Å². The van der Waals surface area contributed by atoms with Crippen molar-refractivity contribution in [3.8, 4) is 0 Å². The monoisotopic (exact) mass is 284 g/mol. The molecule has 0 amide bonds. The van der Waals surface area contributed by atoms with Crippen LogP contribution >= 0.6 is 11.8 Å². The lowest BCUT2D eigenvalue weighted by atomic mass is 10.1. The second-order valence-corrected chi connectivity index (χ2v) is 7.23. The van der Waals surface area contributed by atoms with Crippen molar-refractivity contribution in [2.24, 2.45) is 5.73 Å². The molecule has 5 heteroatoms. The highest BCUT2D eigenvalue weighted by Gasteiger charge is 2.18. The van der Waals surface area contributed by atoms with Crippen LogP contribution in [-0.4, -0.2) is 34.6 Å². The van der Waals surface area contributed by atoms with Crippen LogP contribution in [0.3, 0.4) is 0 Å². The smallest absolute Gasteiger partial charge is 0.0423 e. The van der Waals surface area contributed by atoms with E-state index in [9.17, 15) is 4.21 Å². The molecule has 0 unspecified atom stereocenters. The number of thioether (sulfide) groups is 1. The summed E-state index contributed by atoms with van der Waals surface area (Å²) < 4.78 is 11.4. The topological polar surface area (TPSA) is 46.3 Å². The molecule has 1 saturated heterocycles. The van der Waals surface area contributed by atoms with Crippen molar-refractivity contribution in [1.29, 1.82) is 0 Å². The molecule has 1 aromatic carbocycles. The number of nitrogens with two attached hydrogens (primary N) is 1. The Morgan fingerprint density at radius 2 is 2.11 bits per heavy atom. The van der Waals surface area contributed by atoms with Gasteiger partial charge in [-0.3, -0.25) is 4.21 Å². The molecule has 18 heavy (non-hydrogen) atoms. The van der Waals surface area contributed by atoms with Crippen molar-refractivity contribution in [3.05, 3.63) is 23.8 Å². The Morgan fingerprint density at radius 1 is 1.39 bits per heavy atom. The number of nitrogens with zero attached hydrogens (tertiary/aromatic N) is 1. The summed E-state index contributed by atoms with van der Waals surface area (Å²) in [6.45, 7) is 4.47. The van der Waals surface area contributed by atoms with Crippen LogP contribution in [-0.2, 0) is 17.3 Å². The molecular formula is C13H20N2OS2. The first-order valence-corrected chi connectivity index (χ1v) is 8.78. The molecule has 2 N–H and O–H groups in total. The second-order valence-electron chi connectivity index (χ2n) is 4.23. The molecule has 1 heterocycles. The highest BCUT2D eigenvalue weighted by atomic mass is 32.2. The molecule has 1 aliphatic rings. The zero-order valence-electron chi connectivity index (χ0n) is 10.7. The molecule has 2 rings (SSSR count). The van der Waals surface area contributed by atoms with Crippen LogP contribution in [0.2, 0.25) is 0 Å². The van der Waals surface area contributed by atoms with Gasteiger partial charge in [-0.25, -0.2) is 0 Å². The van der Waals surface area contributed by atoms with Gasteiger partial charge in [-0.05, 0) is 17.9 Å². The van der Waals surface area contributed by atoms with E-state index in [1.165, 1.54) is 16.1 Å². The summed E-state index contributed by atoms with van der Waals surface area (Å²) in [4.78, 5) is 3.60. The average molecular weight is 284 g/mol. The molecule has 0 bridgehead atoms. The molecule has 1 aromatic rings. The van der Waals surface area contributed by atoms with Crippen molar-refractivity contribution < 1.29 is 4.21 Å². The molecule has 100 valence electrons. The van der Waals surface area contributed by atoms with Gasteiger partial charge in [-0.1, -0.05) is 13.0 Å². The Hall–Kier alpha value is -0.520. The molecule has 0 spiro atoms. The predicted molar refractivity (Wildman–Crippen MR) is 80.8 cm³/mol. The lowest BCUT2D eigenvalue weighted by molar-refractivity contribution is 0.673. The lowest BCUT2D eigenvalue weighted by Crippen LogP contribution is -2.38. The summed E-state index contributed by atoms with van der Waals surface area (Å²) in [5.74, 6) is 2.60. The molecule has 0 aromatic heterocycles. The average Bonchev–Trinajstić information content (AvgIpc) is 2.40. The van der Waals surface area contributed by atoms with Crippen molar-refractivity contribution in [1.82, 2.24) is 0 Å². The van der Waals surface area contributed by atoms with Gasteiger partial charge in [0.1, 0.15) is 0 Å². The fourth-order valence-electron chi connectivity index (χ4n) is 2.23. The number of hydrogen-bond acceptors (Lipinski definition) is 4. The second kappa shape index (κ2) is 6.59. The van der Waals surface area contributed by atoms with Crippen molar-refractivity contribution in [3.63, 3.8) is 0 Å². The minimum absolute atomic E-state index is 0.568. The molecular weight excluding hydrogens is 264 g/mol. The van der Waals surface area contributed by atoms with Crippen LogP contribution < -0.4 is 10.6 Å². The van der Waals surface area contributed by atoms with Gasteiger partial charge in [-0.2, -0.15) is 0 Å². The molecule has 0 atom stereocenters. The Labute approximate surface area is 116 Å². The Bertz CT molecular complexity index is 427. The van der Waals surface area contributed by atoms with E-state index < -0.39 is 10.8 Å². The fraction of sp³-hybridized carbons (Fsp3) is 0.538. The molecule has 0 aliphatic carbocycles. The number of rotatable bonds is 4. The van der Waals surface area contributed by atoms with E-state index in [0.717, 1.165) is 30.3 Å². The van der Waals surface area contributed by atoms with Crippen LogP contribution in [0.25, 0.3) is 0 Å². The van der Waals surface area contributed by atoms with Crippen LogP contribution in [0.15, 0.2) is 23.1 Å². The Morgan fingerprint density at radius 3 is 2.72 bits per heavy atom. The van der Waals surface area contributed by atoms with Crippen LogP contribution in [0.5, 0.6) is 0 Å². The van der Waals surface area contributed by atoms with E-state index in [1.807, 2.05) is 11.8 Å². The molecule has 1 fully saturated rings. The SMILES string of the molecule is CCSc1cccc(N2CCS(=O)CC2)c1CN. The summed E-state index contributed by atoms with van der Waals surface area (Å²) in [5.41, 5.74) is 8.38. The summed E-state index contributed by atoms with van der Waals surface area (Å²) in [5, 5.41) is 0. The fourth-order valence-corrected chi connectivity index (χ4v) is 4.13. The third kappa shape index (κ3) is 3.08. The van der Waals surface area contributed by atoms with Crippen LogP contribution in [0.4, 0.5) is 5.69 Å². The van der Waals surface area contributed by atoms with E-state index in [2.05, 4.69) is 30.0 Å².